The molecule has 0 aliphatic carbocycles. The molecule has 114 valence electrons. The topological polar surface area (TPSA) is 107 Å². The molecule has 0 fully saturated rings. The van der Waals surface area contributed by atoms with Gasteiger partial charge in [0.25, 0.3) is 0 Å². The number of aldehydes is 1. The van der Waals surface area contributed by atoms with Crippen LogP contribution in [0.5, 0.6) is 0 Å². The second-order valence-corrected chi connectivity index (χ2v) is 4.41. The lowest BCUT2D eigenvalue weighted by atomic mass is 10.2. The van der Waals surface area contributed by atoms with Crippen molar-refractivity contribution in [3.05, 3.63) is 22.2 Å². The third kappa shape index (κ3) is 3.97. The molecule has 0 radical (unpaired) electrons. The second kappa shape index (κ2) is 6.61. The number of amidine groups is 1. The summed E-state index contributed by atoms with van der Waals surface area (Å²) in [6.07, 6.45) is -5.56. The van der Waals surface area contributed by atoms with Gasteiger partial charge in [-0.1, -0.05) is 0 Å². The predicted octanol–water partition coefficient (Wildman–Crippen LogP) is 2.15. The molecular formula is C10H8BrF3N4O3. The van der Waals surface area contributed by atoms with Crippen molar-refractivity contribution in [3.8, 4) is 0 Å². The van der Waals surface area contributed by atoms with E-state index in [1.165, 1.54) is 0 Å². The predicted molar refractivity (Wildman–Crippen MR) is 67.0 cm³/mol. The maximum atomic E-state index is 12.7. The second-order valence-electron chi connectivity index (χ2n) is 3.62. The standard InChI is InChI=1S/C10H8BrF3N4O3/c11-5-6(16-4-17-7(5)10(12,13)14)8(15)18(9(20)21)2-1-3-19/h3-4,15H,1-2H2,(H,20,21). The Morgan fingerprint density at radius 1 is 1.48 bits per heavy atom. The summed E-state index contributed by atoms with van der Waals surface area (Å²) in [5.41, 5.74) is -1.86. The van der Waals surface area contributed by atoms with Gasteiger partial charge in [0, 0.05) is 13.0 Å². The molecule has 0 saturated heterocycles. The summed E-state index contributed by atoms with van der Waals surface area (Å²) in [5, 5.41) is 16.6. The van der Waals surface area contributed by atoms with Crippen molar-refractivity contribution in [2.24, 2.45) is 0 Å². The van der Waals surface area contributed by atoms with Crippen LogP contribution in [0.1, 0.15) is 17.8 Å². The third-order valence-corrected chi connectivity index (χ3v) is 3.00. The number of alkyl halides is 3. The number of nitrogens with one attached hydrogen (secondary N) is 1. The zero-order valence-electron chi connectivity index (χ0n) is 10.2. The van der Waals surface area contributed by atoms with Gasteiger partial charge >= 0.3 is 12.3 Å². The number of nitrogens with zero attached hydrogens (tertiary/aromatic N) is 3. The molecule has 1 aromatic rings. The van der Waals surface area contributed by atoms with Crippen LogP contribution in [0.3, 0.4) is 0 Å². The number of hydrogen-bond acceptors (Lipinski definition) is 5. The van der Waals surface area contributed by atoms with Crippen molar-refractivity contribution in [1.82, 2.24) is 14.9 Å². The molecule has 0 aliphatic rings. The normalized spacial score (nSPS) is 11.0. The zero-order chi connectivity index (χ0) is 16.2. The molecule has 0 spiro atoms. The van der Waals surface area contributed by atoms with Crippen LogP contribution in [0, 0.1) is 5.41 Å². The van der Waals surface area contributed by atoms with Gasteiger partial charge in [-0.05, 0) is 15.9 Å². The van der Waals surface area contributed by atoms with Crippen molar-refractivity contribution >= 4 is 34.1 Å². The van der Waals surface area contributed by atoms with E-state index in [9.17, 15) is 22.8 Å². The van der Waals surface area contributed by atoms with Crippen LogP contribution in [0.4, 0.5) is 18.0 Å². The van der Waals surface area contributed by atoms with Crippen LogP contribution in [-0.4, -0.2) is 44.7 Å². The first-order chi connectivity index (χ1) is 9.70. The molecule has 0 saturated carbocycles. The first-order valence-electron chi connectivity index (χ1n) is 5.30. The van der Waals surface area contributed by atoms with Gasteiger partial charge in [-0.2, -0.15) is 13.2 Å². The number of hydrogen-bond donors (Lipinski definition) is 2. The average Bonchev–Trinajstić information content (AvgIpc) is 2.37. The van der Waals surface area contributed by atoms with Crippen LogP contribution < -0.4 is 0 Å². The highest BCUT2D eigenvalue weighted by molar-refractivity contribution is 9.10. The van der Waals surface area contributed by atoms with Gasteiger partial charge in [-0.15, -0.1) is 0 Å². The van der Waals surface area contributed by atoms with Crippen LogP contribution >= 0.6 is 15.9 Å². The molecule has 1 aromatic heterocycles. The SMILES string of the molecule is N=C(c1ncnc(C(F)(F)F)c1Br)N(CCC=O)C(=O)O. The minimum absolute atomic E-state index is 0.205. The Kier molecular flexibility index (Phi) is 5.35. The summed E-state index contributed by atoms with van der Waals surface area (Å²) in [7, 11) is 0. The Hall–Kier alpha value is -2.04. The van der Waals surface area contributed by atoms with E-state index in [0.29, 0.717) is 17.5 Å². The van der Waals surface area contributed by atoms with E-state index < -0.39 is 34.0 Å². The van der Waals surface area contributed by atoms with Gasteiger partial charge in [0.2, 0.25) is 0 Å². The molecule has 0 atom stereocenters. The number of aromatic nitrogens is 2. The molecule has 0 aliphatic heterocycles. The number of carbonyl (C=O) groups is 2. The number of rotatable bonds is 4. The Labute approximate surface area is 124 Å². The molecule has 0 aromatic carbocycles. The maximum Gasteiger partial charge on any atom is 0.434 e. The molecule has 11 heteroatoms. The van der Waals surface area contributed by atoms with E-state index in [0.717, 1.165) is 0 Å². The Morgan fingerprint density at radius 2 is 2.10 bits per heavy atom. The van der Waals surface area contributed by atoms with Crippen LogP contribution in [0.2, 0.25) is 0 Å². The lowest BCUT2D eigenvalue weighted by Crippen LogP contribution is -2.37. The van der Waals surface area contributed by atoms with Crippen molar-refractivity contribution in [1.29, 1.82) is 5.41 Å². The molecule has 0 bridgehead atoms. The van der Waals surface area contributed by atoms with Crippen molar-refractivity contribution < 1.29 is 27.9 Å². The van der Waals surface area contributed by atoms with E-state index in [4.69, 9.17) is 10.5 Å². The Bertz CT molecular complexity index is 579. The lowest BCUT2D eigenvalue weighted by molar-refractivity contribution is -0.141. The summed E-state index contributed by atoms with van der Waals surface area (Å²) in [4.78, 5) is 28.2. The quantitative estimate of drug-likeness (QED) is 0.481. The summed E-state index contributed by atoms with van der Waals surface area (Å²) >= 11 is 2.63. The first-order valence-corrected chi connectivity index (χ1v) is 6.10. The lowest BCUT2D eigenvalue weighted by Gasteiger charge is -2.19. The fourth-order valence-electron chi connectivity index (χ4n) is 1.35. The Morgan fingerprint density at radius 3 is 2.57 bits per heavy atom. The summed E-state index contributed by atoms with van der Waals surface area (Å²) < 4.78 is 37.4. The number of halogens is 4. The summed E-state index contributed by atoms with van der Waals surface area (Å²) in [5.74, 6) is -0.788. The Balaban J connectivity index is 3.23. The summed E-state index contributed by atoms with van der Waals surface area (Å²) in [6, 6.07) is 0. The van der Waals surface area contributed by atoms with E-state index in [-0.39, 0.29) is 13.0 Å². The zero-order valence-corrected chi connectivity index (χ0v) is 11.8. The van der Waals surface area contributed by atoms with E-state index in [1.54, 1.807) is 0 Å². The largest absolute Gasteiger partial charge is 0.465 e. The third-order valence-electron chi connectivity index (χ3n) is 2.25. The molecule has 1 heterocycles. The highest BCUT2D eigenvalue weighted by atomic mass is 79.9. The van der Waals surface area contributed by atoms with E-state index >= 15 is 0 Å². The molecule has 0 unspecified atom stereocenters. The average molecular weight is 369 g/mol. The molecule has 7 nitrogen and oxygen atoms in total. The highest BCUT2D eigenvalue weighted by Gasteiger charge is 2.37. The van der Waals surface area contributed by atoms with Gasteiger partial charge in [-0.25, -0.2) is 14.8 Å². The molecule has 1 rings (SSSR count). The number of carboxylic acid groups (broad SMARTS) is 1. The number of amides is 1. The fourth-order valence-corrected chi connectivity index (χ4v) is 1.96. The fraction of sp³-hybridized carbons (Fsp3) is 0.300. The van der Waals surface area contributed by atoms with Gasteiger partial charge < -0.3 is 9.90 Å². The number of carbonyl (C=O) groups excluding carboxylic acids is 1. The highest BCUT2D eigenvalue weighted by Crippen LogP contribution is 2.34. The van der Waals surface area contributed by atoms with Crippen LogP contribution in [0.25, 0.3) is 0 Å². The van der Waals surface area contributed by atoms with E-state index in [2.05, 4.69) is 25.9 Å². The molecule has 2 N–H and O–H groups in total. The monoisotopic (exact) mass is 368 g/mol. The van der Waals surface area contributed by atoms with Gasteiger partial charge in [0.05, 0.1) is 4.47 Å². The van der Waals surface area contributed by atoms with Crippen molar-refractivity contribution in [2.75, 3.05) is 6.54 Å². The van der Waals surface area contributed by atoms with Gasteiger partial charge in [-0.3, -0.25) is 10.3 Å². The smallest absolute Gasteiger partial charge is 0.434 e. The van der Waals surface area contributed by atoms with Crippen molar-refractivity contribution in [2.45, 2.75) is 12.6 Å². The molecule has 1 amide bonds. The van der Waals surface area contributed by atoms with Crippen LogP contribution in [0.15, 0.2) is 10.8 Å². The molecule has 21 heavy (non-hydrogen) atoms. The van der Waals surface area contributed by atoms with Gasteiger partial charge in [0.15, 0.2) is 11.5 Å². The first kappa shape index (κ1) is 17.0. The van der Waals surface area contributed by atoms with Gasteiger partial charge in [0.1, 0.15) is 18.3 Å². The minimum Gasteiger partial charge on any atom is -0.465 e. The maximum absolute atomic E-state index is 12.7. The van der Waals surface area contributed by atoms with Crippen LogP contribution in [-0.2, 0) is 11.0 Å². The van der Waals surface area contributed by atoms with E-state index in [1.807, 2.05) is 0 Å². The molecular weight excluding hydrogens is 361 g/mol. The van der Waals surface area contributed by atoms with Crippen molar-refractivity contribution in [3.63, 3.8) is 0 Å². The summed E-state index contributed by atoms with van der Waals surface area (Å²) in [6.45, 7) is -0.366. The minimum atomic E-state index is -4.78.